The Labute approximate surface area is 158 Å². The van der Waals surface area contributed by atoms with E-state index in [2.05, 4.69) is 71.7 Å². The van der Waals surface area contributed by atoms with Crippen molar-refractivity contribution in [1.82, 2.24) is 10.2 Å². The fourth-order valence-corrected chi connectivity index (χ4v) is 5.04. The Kier molecular flexibility index (Phi) is 5.72. The summed E-state index contributed by atoms with van der Waals surface area (Å²) in [6.45, 7) is 5.85. The first-order chi connectivity index (χ1) is 12.8. The lowest BCUT2D eigenvalue weighted by Crippen LogP contribution is -2.63. The van der Waals surface area contributed by atoms with Gasteiger partial charge in [-0.1, -0.05) is 67.9 Å². The van der Waals surface area contributed by atoms with Crippen LogP contribution in [0.1, 0.15) is 42.9 Å². The van der Waals surface area contributed by atoms with Crippen LogP contribution < -0.4 is 5.32 Å². The summed E-state index contributed by atoms with van der Waals surface area (Å²) in [5, 5.41) is 3.95. The van der Waals surface area contributed by atoms with Gasteiger partial charge in [0.25, 0.3) is 0 Å². The van der Waals surface area contributed by atoms with E-state index in [1.807, 2.05) is 0 Å². The van der Waals surface area contributed by atoms with Crippen molar-refractivity contribution in [2.24, 2.45) is 5.92 Å². The van der Waals surface area contributed by atoms with Gasteiger partial charge in [0.05, 0.1) is 0 Å². The quantitative estimate of drug-likeness (QED) is 0.796. The summed E-state index contributed by atoms with van der Waals surface area (Å²) in [7, 11) is 0. The van der Waals surface area contributed by atoms with E-state index in [4.69, 9.17) is 0 Å². The molecule has 138 valence electrons. The first kappa shape index (κ1) is 17.8. The molecule has 3 saturated heterocycles. The molecular weight excluding hydrogens is 316 g/mol. The molecule has 2 atom stereocenters. The van der Waals surface area contributed by atoms with E-state index in [0.717, 1.165) is 12.5 Å². The van der Waals surface area contributed by atoms with Gasteiger partial charge in [-0.05, 0) is 61.4 Å². The molecule has 2 bridgehead atoms. The highest BCUT2D eigenvalue weighted by molar-refractivity contribution is 5.29. The Morgan fingerprint density at radius 3 is 2.35 bits per heavy atom. The maximum Gasteiger partial charge on any atom is 0.0292 e. The maximum atomic E-state index is 3.95. The monoisotopic (exact) mass is 348 g/mol. The van der Waals surface area contributed by atoms with Crippen molar-refractivity contribution >= 4 is 0 Å². The number of rotatable bonds is 7. The summed E-state index contributed by atoms with van der Waals surface area (Å²) in [6.07, 6.45) is 6.34. The Hall–Kier alpha value is -1.64. The molecule has 0 saturated carbocycles. The largest absolute Gasteiger partial charge is 0.308 e. The Balaban J connectivity index is 1.50. The highest BCUT2D eigenvalue weighted by atomic mass is 15.2. The molecule has 3 aliphatic heterocycles. The summed E-state index contributed by atoms with van der Waals surface area (Å²) in [4.78, 5) is 2.76. The number of nitrogens with zero attached hydrogens (tertiary/aromatic N) is 1. The van der Waals surface area contributed by atoms with Crippen molar-refractivity contribution in [1.29, 1.82) is 0 Å². The van der Waals surface area contributed by atoms with E-state index in [1.165, 1.54) is 50.8 Å². The first-order valence-electron chi connectivity index (χ1n) is 10.4. The van der Waals surface area contributed by atoms with Gasteiger partial charge in [-0.3, -0.25) is 4.90 Å². The molecule has 0 aliphatic carbocycles. The van der Waals surface area contributed by atoms with Crippen LogP contribution in [0.15, 0.2) is 54.6 Å². The molecule has 0 aromatic heterocycles. The van der Waals surface area contributed by atoms with Crippen molar-refractivity contribution in [2.75, 3.05) is 13.1 Å². The van der Waals surface area contributed by atoms with Gasteiger partial charge in [0.1, 0.15) is 0 Å². The third kappa shape index (κ3) is 3.87. The van der Waals surface area contributed by atoms with Gasteiger partial charge in [-0.25, -0.2) is 0 Å². The maximum absolute atomic E-state index is 3.95. The van der Waals surface area contributed by atoms with Gasteiger partial charge in [-0.15, -0.1) is 0 Å². The van der Waals surface area contributed by atoms with Crippen LogP contribution in [0.5, 0.6) is 0 Å². The summed E-state index contributed by atoms with van der Waals surface area (Å²) in [6, 6.07) is 21.2. The fraction of sp³-hybridized carbons (Fsp3) is 0.500. The van der Waals surface area contributed by atoms with Crippen molar-refractivity contribution in [3.63, 3.8) is 0 Å². The van der Waals surface area contributed by atoms with E-state index < -0.39 is 0 Å². The third-order valence-corrected chi connectivity index (χ3v) is 6.42. The Bertz CT molecular complexity index is 688. The molecule has 2 nitrogen and oxygen atoms in total. The minimum atomic E-state index is 0.618. The lowest BCUT2D eigenvalue weighted by molar-refractivity contribution is 0.0126. The second-order valence-corrected chi connectivity index (χ2v) is 8.06. The highest BCUT2D eigenvalue weighted by Crippen LogP contribution is 2.34. The summed E-state index contributed by atoms with van der Waals surface area (Å²) < 4.78 is 0. The molecule has 2 aromatic rings. The fourth-order valence-electron chi connectivity index (χ4n) is 5.04. The first-order valence-corrected chi connectivity index (χ1v) is 10.4. The van der Waals surface area contributed by atoms with Gasteiger partial charge >= 0.3 is 0 Å². The molecule has 3 heterocycles. The Morgan fingerprint density at radius 1 is 0.923 bits per heavy atom. The van der Waals surface area contributed by atoms with Crippen LogP contribution >= 0.6 is 0 Å². The lowest BCUT2D eigenvalue weighted by atomic mass is 9.76. The molecule has 0 radical (unpaired) electrons. The molecule has 0 spiro atoms. The van der Waals surface area contributed by atoms with Crippen LogP contribution in [0.3, 0.4) is 0 Å². The number of hydrogen-bond donors (Lipinski definition) is 1. The molecule has 26 heavy (non-hydrogen) atoms. The molecule has 0 amide bonds. The van der Waals surface area contributed by atoms with Crippen molar-refractivity contribution < 1.29 is 0 Å². The molecule has 3 fully saturated rings. The molecule has 3 aliphatic rings. The summed E-state index contributed by atoms with van der Waals surface area (Å²) in [5.41, 5.74) is 4.52. The average Bonchev–Trinajstić information content (AvgIpc) is 2.70. The summed E-state index contributed by atoms with van der Waals surface area (Å²) >= 11 is 0. The molecule has 0 unspecified atom stereocenters. The number of hydrogen-bond acceptors (Lipinski definition) is 2. The number of piperidine rings is 3. The number of nitrogens with one attached hydrogen (secondary N) is 1. The third-order valence-electron chi connectivity index (χ3n) is 6.42. The van der Waals surface area contributed by atoms with E-state index in [1.54, 1.807) is 11.1 Å². The van der Waals surface area contributed by atoms with Crippen LogP contribution in [-0.2, 0) is 19.4 Å². The zero-order valence-electron chi connectivity index (χ0n) is 16.0. The topological polar surface area (TPSA) is 15.3 Å². The minimum Gasteiger partial charge on any atom is -0.308 e. The van der Waals surface area contributed by atoms with Gasteiger partial charge in [0.15, 0.2) is 0 Å². The van der Waals surface area contributed by atoms with Crippen LogP contribution in [0, 0.1) is 5.92 Å². The van der Waals surface area contributed by atoms with E-state index in [0.29, 0.717) is 12.1 Å². The number of benzene rings is 2. The van der Waals surface area contributed by atoms with Gasteiger partial charge in [0.2, 0.25) is 0 Å². The lowest BCUT2D eigenvalue weighted by Gasteiger charge is -2.51. The minimum absolute atomic E-state index is 0.618. The van der Waals surface area contributed by atoms with Crippen molar-refractivity contribution in [3.8, 4) is 0 Å². The van der Waals surface area contributed by atoms with Gasteiger partial charge < -0.3 is 5.32 Å². The molecule has 1 N–H and O–H groups in total. The second kappa shape index (κ2) is 8.37. The normalized spacial score (nSPS) is 27.6. The van der Waals surface area contributed by atoms with Gasteiger partial charge in [-0.2, -0.15) is 0 Å². The number of aryl methyl sites for hydroxylation is 1. The van der Waals surface area contributed by atoms with Crippen molar-refractivity contribution in [2.45, 2.75) is 57.7 Å². The van der Waals surface area contributed by atoms with E-state index in [9.17, 15) is 0 Å². The Morgan fingerprint density at radius 2 is 1.62 bits per heavy atom. The predicted molar refractivity (Wildman–Crippen MR) is 109 cm³/mol. The molecule has 2 aromatic carbocycles. The summed E-state index contributed by atoms with van der Waals surface area (Å²) in [5.74, 6) is 0.840. The van der Waals surface area contributed by atoms with Crippen LogP contribution in [0.4, 0.5) is 0 Å². The van der Waals surface area contributed by atoms with Crippen LogP contribution in [0.25, 0.3) is 0 Å². The van der Waals surface area contributed by atoms with Crippen LogP contribution in [-0.4, -0.2) is 30.1 Å². The SMILES string of the molecule is CCCc1ccccc1C[C@@H]1[C@H](NCc2ccccc2)C2CCN1CC2. The zero-order chi connectivity index (χ0) is 17.8. The molecule has 5 rings (SSSR count). The smallest absolute Gasteiger partial charge is 0.0292 e. The van der Waals surface area contributed by atoms with E-state index in [-0.39, 0.29) is 0 Å². The van der Waals surface area contributed by atoms with Crippen LogP contribution in [0.2, 0.25) is 0 Å². The number of fused-ring (bicyclic) bond motifs is 3. The second-order valence-electron chi connectivity index (χ2n) is 8.06. The highest BCUT2D eigenvalue weighted by Gasteiger charge is 2.41. The standard InChI is InChI=1S/C24H32N2/c1-2-8-20-11-6-7-12-22(20)17-23-24(21-13-15-26(23)16-14-21)25-18-19-9-4-3-5-10-19/h3-7,9-12,21,23-25H,2,8,13-18H2,1H3/t23-,24-/m1/s1. The molecular formula is C24H32N2. The zero-order valence-corrected chi connectivity index (χ0v) is 16.0. The van der Waals surface area contributed by atoms with E-state index >= 15 is 0 Å². The van der Waals surface area contributed by atoms with Crippen molar-refractivity contribution in [3.05, 3.63) is 71.3 Å². The van der Waals surface area contributed by atoms with Gasteiger partial charge in [0, 0.05) is 18.6 Å². The predicted octanol–water partition coefficient (Wildman–Crippen LogP) is 4.43. The average molecular weight is 349 g/mol. The molecule has 2 heteroatoms.